The highest BCUT2D eigenvalue weighted by Crippen LogP contribution is 2.18. The molecule has 0 atom stereocenters. The van der Waals surface area contributed by atoms with Crippen molar-refractivity contribution in [1.29, 1.82) is 0 Å². The number of aliphatic carboxylic acids is 1. The van der Waals surface area contributed by atoms with Gasteiger partial charge in [0.05, 0.1) is 30.3 Å². The summed E-state index contributed by atoms with van der Waals surface area (Å²) in [5.41, 5.74) is -0.935. The summed E-state index contributed by atoms with van der Waals surface area (Å²) >= 11 is 0. The van der Waals surface area contributed by atoms with Crippen molar-refractivity contribution in [3.05, 3.63) is 18.0 Å². The fraction of sp³-hybridized carbons (Fsp3) is 0.500. The van der Waals surface area contributed by atoms with Crippen molar-refractivity contribution < 1.29 is 24.2 Å². The number of carboxylic acids is 1. The Hall–Kier alpha value is -2.18. The third kappa shape index (κ3) is 3.64. The minimum absolute atomic E-state index is 0.0830. The zero-order valence-corrected chi connectivity index (χ0v) is 11.0. The second-order valence-electron chi connectivity index (χ2n) is 4.67. The number of esters is 1. The maximum Gasteiger partial charge on any atom is 0.379 e. The van der Waals surface area contributed by atoms with Crippen LogP contribution in [0, 0.1) is 5.41 Å². The first-order valence-electron chi connectivity index (χ1n) is 5.75. The third-order valence-electron chi connectivity index (χ3n) is 2.49. The number of hydrogen-bond donors (Lipinski definition) is 1. The molecule has 0 amide bonds. The Balaban J connectivity index is 2.81. The molecule has 0 saturated heterocycles. The summed E-state index contributed by atoms with van der Waals surface area (Å²) in [4.78, 5) is 33.8. The molecule has 1 N–H and O–H groups in total. The van der Waals surface area contributed by atoms with Gasteiger partial charge in [-0.3, -0.25) is 14.3 Å². The van der Waals surface area contributed by atoms with Crippen LogP contribution in [0.25, 0.3) is 0 Å². The molecule has 1 aromatic rings. The molecule has 0 unspecified atom stereocenters. The van der Waals surface area contributed by atoms with Crippen LogP contribution in [0.2, 0.25) is 0 Å². The van der Waals surface area contributed by atoms with Crippen molar-refractivity contribution >= 4 is 17.7 Å². The number of nitrogens with zero attached hydrogens (tertiary/aromatic N) is 2. The van der Waals surface area contributed by atoms with E-state index >= 15 is 0 Å². The highest BCUT2D eigenvalue weighted by atomic mass is 16.5. The van der Waals surface area contributed by atoms with E-state index in [0.29, 0.717) is 0 Å². The lowest BCUT2D eigenvalue weighted by Crippen LogP contribution is -2.29. The summed E-state index contributed by atoms with van der Waals surface area (Å²) in [5, 5.41) is 12.9. The molecule has 19 heavy (non-hydrogen) atoms. The number of rotatable bonds is 6. The molecule has 0 aromatic carbocycles. The van der Waals surface area contributed by atoms with Gasteiger partial charge in [-0.2, -0.15) is 5.10 Å². The molecule has 0 bridgehead atoms. The number of aromatic nitrogens is 2. The van der Waals surface area contributed by atoms with E-state index in [1.54, 1.807) is 20.8 Å². The standard InChI is InChI=1S/C12H16N2O5/c1-4-19-10(16)9(15)8-5-13-14(6-8)7-12(2,3)11(17)18/h5-6H,4,7H2,1-3H3,(H,17,18). The average Bonchev–Trinajstić information content (AvgIpc) is 2.75. The van der Waals surface area contributed by atoms with E-state index < -0.39 is 23.1 Å². The van der Waals surface area contributed by atoms with Crippen LogP contribution >= 0.6 is 0 Å². The Morgan fingerprint density at radius 3 is 2.58 bits per heavy atom. The fourth-order valence-electron chi connectivity index (χ4n) is 1.35. The molecule has 1 aromatic heterocycles. The molecule has 0 spiro atoms. The van der Waals surface area contributed by atoms with E-state index in [9.17, 15) is 14.4 Å². The van der Waals surface area contributed by atoms with Gasteiger partial charge in [-0.25, -0.2) is 4.79 Å². The summed E-state index contributed by atoms with van der Waals surface area (Å²) < 4.78 is 5.91. The number of ketones is 1. The number of ether oxygens (including phenoxy) is 1. The summed E-state index contributed by atoms with van der Waals surface area (Å²) in [6.45, 7) is 4.90. The normalized spacial score (nSPS) is 11.1. The minimum atomic E-state index is -1.02. The van der Waals surface area contributed by atoms with Gasteiger partial charge >= 0.3 is 11.9 Å². The van der Waals surface area contributed by atoms with Crippen LogP contribution < -0.4 is 0 Å². The Kier molecular flexibility index (Phi) is 4.42. The first-order chi connectivity index (χ1) is 8.77. The van der Waals surface area contributed by atoms with Crippen molar-refractivity contribution in [2.24, 2.45) is 5.41 Å². The quantitative estimate of drug-likeness (QED) is 0.464. The molecule has 1 heterocycles. The Morgan fingerprint density at radius 2 is 2.05 bits per heavy atom. The molecule has 0 fully saturated rings. The van der Waals surface area contributed by atoms with Crippen molar-refractivity contribution in [3.8, 4) is 0 Å². The molecular weight excluding hydrogens is 252 g/mol. The lowest BCUT2D eigenvalue weighted by molar-refractivity contribution is -0.147. The van der Waals surface area contributed by atoms with Gasteiger partial charge in [0.2, 0.25) is 0 Å². The summed E-state index contributed by atoms with van der Waals surface area (Å²) in [7, 11) is 0. The molecule has 104 valence electrons. The molecule has 7 heteroatoms. The summed E-state index contributed by atoms with van der Waals surface area (Å²) in [5.74, 6) is -2.71. The topological polar surface area (TPSA) is 98.5 Å². The fourth-order valence-corrected chi connectivity index (χ4v) is 1.35. The van der Waals surface area contributed by atoms with Crippen LogP contribution in [0.3, 0.4) is 0 Å². The number of carbonyl (C=O) groups is 3. The summed E-state index contributed by atoms with van der Waals surface area (Å²) in [6, 6.07) is 0. The van der Waals surface area contributed by atoms with Gasteiger partial charge in [-0.1, -0.05) is 0 Å². The molecule has 0 saturated carbocycles. The summed E-state index contributed by atoms with van der Waals surface area (Å²) in [6.07, 6.45) is 2.56. The molecule has 0 aliphatic carbocycles. The number of hydrogen-bond acceptors (Lipinski definition) is 5. The molecule has 1 rings (SSSR count). The predicted molar refractivity (Wildman–Crippen MR) is 64.6 cm³/mol. The Labute approximate surface area is 110 Å². The van der Waals surface area contributed by atoms with Gasteiger partial charge in [0.25, 0.3) is 5.78 Å². The van der Waals surface area contributed by atoms with Crippen molar-refractivity contribution in [2.45, 2.75) is 27.3 Å². The first-order valence-corrected chi connectivity index (χ1v) is 5.75. The maximum atomic E-state index is 11.6. The van der Waals surface area contributed by atoms with E-state index in [2.05, 4.69) is 9.84 Å². The van der Waals surface area contributed by atoms with E-state index in [1.807, 2.05) is 0 Å². The average molecular weight is 268 g/mol. The van der Waals surface area contributed by atoms with Crippen molar-refractivity contribution in [1.82, 2.24) is 9.78 Å². The Bertz CT molecular complexity index is 504. The second kappa shape index (κ2) is 5.64. The van der Waals surface area contributed by atoms with Crippen molar-refractivity contribution in [2.75, 3.05) is 6.61 Å². The van der Waals surface area contributed by atoms with Crippen LogP contribution in [-0.4, -0.2) is 39.2 Å². The SMILES string of the molecule is CCOC(=O)C(=O)c1cnn(CC(C)(C)C(=O)O)c1. The van der Waals surface area contributed by atoms with Gasteiger partial charge in [0, 0.05) is 6.20 Å². The van der Waals surface area contributed by atoms with Crippen LogP contribution in [-0.2, 0) is 20.9 Å². The lowest BCUT2D eigenvalue weighted by atomic mass is 9.94. The lowest BCUT2D eigenvalue weighted by Gasteiger charge is -2.18. The van der Waals surface area contributed by atoms with Crippen LogP contribution in [0.15, 0.2) is 12.4 Å². The number of carbonyl (C=O) groups excluding carboxylic acids is 2. The van der Waals surface area contributed by atoms with E-state index in [-0.39, 0.29) is 18.7 Å². The van der Waals surface area contributed by atoms with Gasteiger partial charge in [-0.15, -0.1) is 0 Å². The van der Waals surface area contributed by atoms with Gasteiger partial charge in [0.1, 0.15) is 0 Å². The largest absolute Gasteiger partial charge is 0.481 e. The van der Waals surface area contributed by atoms with Gasteiger partial charge in [0.15, 0.2) is 0 Å². The zero-order chi connectivity index (χ0) is 14.6. The van der Waals surface area contributed by atoms with E-state index in [4.69, 9.17) is 5.11 Å². The van der Waals surface area contributed by atoms with Crippen LogP contribution in [0.5, 0.6) is 0 Å². The zero-order valence-electron chi connectivity index (χ0n) is 11.0. The maximum absolute atomic E-state index is 11.6. The highest BCUT2D eigenvalue weighted by Gasteiger charge is 2.28. The van der Waals surface area contributed by atoms with Crippen LogP contribution in [0.4, 0.5) is 0 Å². The second-order valence-corrected chi connectivity index (χ2v) is 4.67. The third-order valence-corrected chi connectivity index (χ3v) is 2.49. The first kappa shape index (κ1) is 14.9. The molecule has 0 aliphatic rings. The van der Waals surface area contributed by atoms with Gasteiger partial charge < -0.3 is 9.84 Å². The smallest absolute Gasteiger partial charge is 0.379 e. The van der Waals surface area contributed by atoms with Gasteiger partial charge in [-0.05, 0) is 20.8 Å². The number of Topliss-reactive ketones (excluding diaryl/α,β-unsaturated/α-hetero) is 1. The number of carboxylic acid groups (broad SMARTS) is 1. The van der Waals surface area contributed by atoms with E-state index in [0.717, 1.165) is 0 Å². The molecule has 7 nitrogen and oxygen atoms in total. The molecule has 0 radical (unpaired) electrons. The Morgan fingerprint density at radius 1 is 1.42 bits per heavy atom. The van der Waals surface area contributed by atoms with Crippen molar-refractivity contribution in [3.63, 3.8) is 0 Å². The highest BCUT2D eigenvalue weighted by molar-refractivity contribution is 6.40. The molecule has 0 aliphatic heterocycles. The molecular formula is C12H16N2O5. The van der Waals surface area contributed by atoms with Crippen LogP contribution in [0.1, 0.15) is 31.1 Å². The van der Waals surface area contributed by atoms with E-state index in [1.165, 1.54) is 17.1 Å². The predicted octanol–water partition coefficient (Wildman–Crippen LogP) is 0.740. The minimum Gasteiger partial charge on any atom is -0.481 e. The monoisotopic (exact) mass is 268 g/mol.